The third kappa shape index (κ3) is 5.69. The molecule has 270 valence electrons. The molecule has 0 atom stereocenters. The van der Waals surface area contributed by atoms with E-state index in [0.717, 1.165) is 66.2 Å². The van der Waals surface area contributed by atoms with Crippen molar-refractivity contribution in [3.8, 4) is 66.8 Å². The minimum absolute atomic E-state index is 0.0654. The van der Waals surface area contributed by atoms with Gasteiger partial charge in [-0.1, -0.05) is 212 Å². The summed E-state index contributed by atoms with van der Waals surface area (Å²) in [6.07, 6.45) is 0. The van der Waals surface area contributed by atoms with Crippen LogP contribution in [0, 0.1) is 0 Å². The summed E-state index contributed by atoms with van der Waals surface area (Å²) in [5, 5.41) is 5.81. The Balaban J connectivity index is 1.30. The van der Waals surface area contributed by atoms with Gasteiger partial charge >= 0.3 is 0 Å². The smallest absolute Gasteiger partial charge is 0.0622 e. The van der Waals surface area contributed by atoms with Crippen LogP contribution in [-0.4, -0.2) is 0 Å². The lowest BCUT2D eigenvalue weighted by molar-refractivity contribution is 1.57. The fourth-order valence-electron chi connectivity index (χ4n) is 8.70. The standard InChI is InChI=1S/C58H38/c1-4-19-40(20-5-1)54-37-45(47-31-17-32-48-46(30-16-33-49(47)48)44-35-34-39-18-10-11-25-43(39)36-44)38-55(41-21-6-2-7-22-41)58(54)57-52-28-14-12-26-50(52)56(42-23-8-3-9-24-42)51-27-13-15-29-53(51)57/h1-38H/i3D,8D,9D,12D,14D,23D,24D,26D,28D. The lowest BCUT2D eigenvalue weighted by atomic mass is 9.79. The van der Waals surface area contributed by atoms with Crippen LogP contribution in [0.2, 0.25) is 0 Å². The normalized spacial score (nSPS) is 13.6. The van der Waals surface area contributed by atoms with Crippen molar-refractivity contribution in [2.75, 3.05) is 0 Å². The summed E-state index contributed by atoms with van der Waals surface area (Å²) in [5.41, 5.74) is 8.82. The Morgan fingerprint density at radius 3 is 1.38 bits per heavy atom. The maximum Gasteiger partial charge on any atom is 0.0629 e. The summed E-state index contributed by atoms with van der Waals surface area (Å²) in [6, 6.07) is 55.3. The SMILES string of the molecule is [2H]c1c([2H])c([2H])c(-c2c3ccccc3c(-c3c(-c4ccccc4)cc(-c4cccc5c(-c6ccc7ccccc7c6)cccc45)cc3-c3ccccc3)c3c([2H])c([2H])c([2H])c([2H])c23)c([2H])c1[2H]. The zero-order valence-corrected chi connectivity index (χ0v) is 31.2. The van der Waals surface area contributed by atoms with Crippen molar-refractivity contribution in [1.29, 1.82) is 0 Å². The molecular formula is C58H38. The molecule has 0 amide bonds. The van der Waals surface area contributed by atoms with Crippen molar-refractivity contribution in [1.82, 2.24) is 0 Å². The Morgan fingerprint density at radius 2 is 0.741 bits per heavy atom. The van der Waals surface area contributed by atoms with E-state index >= 15 is 0 Å². The lowest BCUT2D eigenvalue weighted by Gasteiger charge is -2.24. The summed E-state index contributed by atoms with van der Waals surface area (Å²) in [4.78, 5) is 0. The van der Waals surface area contributed by atoms with Gasteiger partial charge in [0, 0.05) is 0 Å². The van der Waals surface area contributed by atoms with E-state index in [2.05, 4.69) is 84.9 Å². The number of fused-ring (bicyclic) bond motifs is 4. The van der Waals surface area contributed by atoms with Crippen molar-refractivity contribution >= 4 is 43.1 Å². The Labute approximate surface area is 351 Å². The molecule has 58 heavy (non-hydrogen) atoms. The van der Waals surface area contributed by atoms with Gasteiger partial charge in [-0.25, -0.2) is 0 Å². The largest absolute Gasteiger partial charge is 0.0629 e. The first kappa shape index (κ1) is 25.6. The Kier molecular flexibility index (Phi) is 6.26. The molecule has 0 aliphatic carbocycles. The number of hydrogen-bond acceptors (Lipinski definition) is 0. The van der Waals surface area contributed by atoms with E-state index in [1.54, 1.807) is 12.1 Å². The van der Waals surface area contributed by atoms with Gasteiger partial charge in [0.2, 0.25) is 0 Å². The van der Waals surface area contributed by atoms with Gasteiger partial charge in [0.25, 0.3) is 0 Å². The predicted molar refractivity (Wildman–Crippen MR) is 249 cm³/mol. The quantitative estimate of drug-likeness (QED) is 0.149. The first-order valence-electron chi connectivity index (χ1n) is 23.9. The molecule has 0 saturated heterocycles. The Hall–Kier alpha value is -7.54. The van der Waals surface area contributed by atoms with Crippen LogP contribution in [0.1, 0.15) is 12.3 Å². The zero-order chi connectivity index (χ0) is 46.2. The van der Waals surface area contributed by atoms with Crippen LogP contribution in [0.4, 0.5) is 0 Å². The molecule has 0 unspecified atom stereocenters. The molecule has 0 aliphatic rings. The minimum atomic E-state index is -0.554. The van der Waals surface area contributed by atoms with Gasteiger partial charge in [0.15, 0.2) is 0 Å². The van der Waals surface area contributed by atoms with E-state index in [1.807, 2.05) is 78.9 Å². The van der Waals surface area contributed by atoms with Gasteiger partial charge < -0.3 is 0 Å². The number of rotatable bonds is 6. The van der Waals surface area contributed by atoms with E-state index in [1.165, 1.54) is 5.39 Å². The molecule has 0 nitrogen and oxygen atoms in total. The molecular weight excluding hydrogens is 697 g/mol. The molecule has 0 saturated carbocycles. The summed E-state index contributed by atoms with van der Waals surface area (Å²) in [5.74, 6) is 0. The predicted octanol–water partition coefficient (Wildman–Crippen LogP) is 16.3. The molecule has 0 aromatic heterocycles. The molecule has 0 radical (unpaired) electrons. The maximum absolute atomic E-state index is 9.74. The third-order valence-corrected chi connectivity index (χ3v) is 11.3. The fraction of sp³-hybridized carbons (Fsp3) is 0. The highest BCUT2D eigenvalue weighted by atomic mass is 14.3. The van der Waals surface area contributed by atoms with Crippen molar-refractivity contribution in [2.45, 2.75) is 0 Å². The van der Waals surface area contributed by atoms with E-state index in [0.29, 0.717) is 16.3 Å². The van der Waals surface area contributed by atoms with Gasteiger partial charge in [0.05, 0.1) is 12.3 Å². The molecule has 0 spiro atoms. The lowest BCUT2D eigenvalue weighted by Crippen LogP contribution is -1.97. The van der Waals surface area contributed by atoms with Crippen molar-refractivity contribution in [2.24, 2.45) is 0 Å². The van der Waals surface area contributed by atoms with Crippen LogP contribution < -0.4 is 0 Å². The van der Waals surface area contributed by atoms with Crippen molar-refractivity contribution in [3.63, 3.8) is 0 Å². The average Bonchev–Trinajstić information content (AvgIpc) is 3.38. The van der Waals surface area contributed by atoms with Crippen LogP contribution in [0.15, 0.2) is 230 Å². The molecule has 11 aromatic rings. The van der Waals surface area contributed by atoms with Gasteiger partial charge in [-0.05, 0) is 128 Å². The van der Waals surface area contributed by atoms with E-state index in [4.69, 9.17) is 9.60 Å². The van der Waals surface area contributed by atoms with Crippen molar-refractivity contribution in [3.05, 3.63) is 230 Å². The second-order valence-electron chi connectivity index (χ2n) is 14.5. The molecule has 11 rings (SSSR count). The first-order chi connectivity index (χ1) is 32.5. The van der Waals surface area contributed by atoms with Gasteiger partial charge in [0.1, 0.15) is 0 Å². The molecule has 0 heteroatoms. The zero-order valence-electron chi connectivity index (χ0n) is 40.2. The molecule has 11 aromatic carbocycles. The topological polar surface area (TPSA) is 0 Å². The monoisotopic (exact) mass is 743 g/mol. The van der Waals surface area contributed by atoms with E-state index in [-0.39, 0.29) is 34.0 Å². The van der Waals surface area contributed by atoms with Crippen molar-refractivity contribution < 1.29 is 12.3 Å². The summed E-state index contributed by atoms with van der Waals surface area (Å²) in [7, 11) is 0. The van der Waals surface area contributed by atoms with Crippen LogP contribution in [0.25, 0.3) is 110 Å². The molecule has 0 N–H and O–H groups in total. The van der Waals surface area contributed by atoms with Gasteiger partial charge in [-0.15, -0.1) is 0 Å². The second kappa shape index (κ2) is 14.2. The highest BCUT2D eigenvalue weighted by Gasteiger charge is 2.23. The summed E-state index contributed by atoms with van der Waals surface area (Å²) in [6.45, 7) is 0. The average molecular weight is 744 g/mol. The second-order valence-corrected chi connectivity index (χ2v) is 14.5. The molecule has 0 fully saturated rings. The molecule has 0 bridgehead atoms. The van der Waals surface area contributed by atoms with Gasteiger partial charge in [-0.3, -0.25) is 0 Å². The van der Waals surface area contributed by atoms with Crippen LogP contribution in [0.3, 0.4) is 0 Å². The Morgan fingerprint density at radius 1 is 0.241 bits per heavy atom. The maximum atomic E-state index is 9.74. The molecule has 0 aliphatic heterocycles. The third-order valence-electron chi connectivity index (χ3n) is 11.3. The van der Waals surface area contributed by atoms with Crippen LogP contribution in [0.5, 0.6) is 0 Å². The van der Waals surface area contributed by atoms with E-state index in [9.17, 15) is 2.74 Å². The highest BCUT2D eigenvalue weighted by Crippen LogP contribution is 2.51. The van der Waals surface area contributed by atoms with Gasteiger partial charge in [-0.2, -0.15) is 0 Å². The summed E-state index contributed by atoms with van der Waals surface area (Å²) >= 11 is 0. The highest BCUT2D eigenvalue weighted by molar-refractivity contribution is 6.24. The number of benzene rings is 11. The summed E-state index contributed by atoms with van der Waals surface area (Å²) < 4.78 is 81.4. The Bertz CT molecular complexity index is 3760. The van der Waals surface area contributed by atoms with E-state index < -0.39 is 42.3 Å². The van der Waals surface area contributed by atoms with Crippen LogP contribution in [-0.2, 0) is 0 Å². The molecule has 0 heterocycles. The number of hydrogen-bond donors (Lipinski definition) is 0. The minimum Gasteiger partial charge on any atom is -0.0622 e. The fourth-order valence-corrected chi connectivity index (χ4v) is 8.70. The first-order valence-corrected chi connectivity index (χ1v) is 19.4. The van der Waals surface area contributed by atoms with Crippen LogP contribution >= 0.6 is 0 Å².